The van der Waals surface area contributed by atoms with E-state index >= 15 is 0 Å². The van der Waals surface area contributed by atoms with E-state index in [1.807, 2.05) is 29.1 Å². The molecule has 4 aromatic rings. The zero-order valence-electron chi connectivity index (χ0n) is 19.7. The average Bonchev–Trinajstić information content (AvgIpc) is 3.45. The smallest absolute Gasteiger partial charge is 0.189 e. The summed E-state index contributed by atoms with van der Waals surface area (Å²) in [7, 11) is 0. The second-order valence-electron chi connectivity index (χ2n) is 9.56. The van der Waals surface area contributed by atoms with E-state index in [9.17, 15) is 5.11 Å². The minimum Gasteiger partial charge on any atom is -0.393 e. The number of rotatable bonds is 8. The van der Waals surface area contributed by atoms with Crippen LogP contribution >= 0.6 is 11.3 Å². The van der Waals surface area contributed by atoms with Crippen molar-refractivity contribution >= 4 is 38.3 Å². The van der Waals surface area contributed by atoms with Crippen LogP contribution in [-0.4, -0.2) is 37.0 Å². The normalized spacial score (nSPS) is 18.5. The van der Waals surface area contributed by atoms with Gasteiger partial charge in [0.15, 0.2) is 5.13 Å². The summed E-state index contributed by atoms with van der Waals surface area (Å²) >= 11 is 1.63. The highest BCUT2D eigenvalue weighted by Gasteiger charge is 2.19. The maximum Gasteiger partial charge on any atom is 0.189 e. The number of benzene rings is 1. The number of fused-ring (bicyclic) bond motifs is 1. The van der Waals surface area contributed by atoms with E-state index in [-0.39, 0.29) is 6.10 Å². The molecule has 0 atom stereocenters. The fraction of sp³-hybridized carbons (Fsp3) is 0.423. The standard InChI is InChI=1S/C26H32N6OS/c1-17(2)12-13-32-16-19(15-27-32)18-6-11-22-23(14-18)34-26(29-22)31-25-5-3-4-24(30-25)28-20-7-9-21(33)10-8-20/h3-6,11,14-17,20-21,33H,7-10,12-13H2,1-2H3,(H2,28,29,30,31). The Morgan fingerprint density at radius 2 is 1.88 bits per heavy atom. The molecule has 8 heteroatoms. The molecule has 34 heavy (non-hydrogen) atoms. The number of anilines is 3. The van der Waals surface area contributed by atoms with Crippen molar-refractivity contribution in [2.45, 2.75) is 64.6 Å². The van der Waals surface area contributed by atoms with Crippen molar-refractivity contribution in [3.8, 4) is 11.1 Å². The van der Waals surface area contributed by atoms with Gasteiger partial charge in [-0.15, -0.1) is 0 Å². The second kappa shape index (κ2) is 10.1. The highest BCUT2D eigenvalue weighted by molar-refractivity contribution is 7.22. The first-order valence-corrected chi connectivity index (χ1v) is 13.0. The number of pyridine rings is 1. The number of hydrogen-bond donors (Lipinski definition) is 3. The quantitative estimate of drug-likeness (QED) is 0.286. The van der Waals surface area contributed by atoms with E-state index < -0.39 is 0 Å². The van der Waals surface area contributed by atoms with Crippen LogP contribution in [0, 0.1) is 5.92 Å². The third-order valence-corrected chi connectivity index (χ3v) is 7.26. The minimum atomic E-state index is -0.153. The summed E-state index contributed by atoms with van der Waals surface area (Å²) in [5, 5.41) is 21.9. The maximum atomic E-state index is 9.72. The highest BCUT2D eigenvalue weighted by Crippen LogP contribution is 2.32. The first-order valence-electron chi connectivity index (χ1n) is 12.1. The van der Waals surface area contributed by atoms with Gasteiger partial charge >= 0.3 is 0 Å². The van der Waals surface area contributed by atoms with Crippen molar-refractivity contribution in [3.05, 3.63) is 48.8 Å². The molecule has 1 saturated carbocycles. The summed E-state index contributed by atoms with van der Waals surface area (Å²) < 4.78 is 3.16. The molecule has 3 N–H and O–H groups in total. The summed E-state index contributed by atoms with van der Waals surface area (Å²) in [5.74, 6) is 2.29. The molecule has 0 spiro atoms. The van der Waals surface area contributed by atoms with Gasteiger partial charge in [0.1, 0.15) is 11.6 Å². The van der Waals surface area contributed by atoms with Crippen molar-refractivity contribution in [2.24, 2.45) is 5.92 Å². The molecule has 1 aliphatic rings. The Morgan fingerprint density at radius 3 is 2.71 bits per heavy atom. The Bertz CT molecular complexity index is 1240. The molecular weight excluding hydrogens is 444 g/mol. The van der Waals surface area contributed by atoms with E-state index in [1.54, 1.807) is 11.3 Å². The Labute approximate surface area is 204 Å². The van der Waals surface area contributed by atoms with E-state index in [1.165, 1.54) is 0 Å². The molecule has 0 unspecified atom stereocenters. The van der Waals surface area contributed by atoms with Crippen LogP contribution in [0.5, 0.6) is 0 Å². The van der Waals surface area contributed by atoms with Gasteiger partial charge in [-0.25, -0.2) is 9.97 Å². The number of nitrogens with zero attached hydrogens (tertiary/aromatic N) is 4. The summed E-state index contributed by atoms with van der Waals surface area (Å²) in [6.45, 7) is 5.41. The van der Waals surface area contributed by atoms with Crippen molar-refractivity contribution < 1.29 is 5.11 Å². The molecule has 0 saturated heterocycles. The van der Waals surface area contributed by atoms with Crippen LogP contribution in [0.3, 0.4) is 0 Å². The number of thiazole rings is 1. The molecular formula is C26H32N6OS. The lowest BCUT2D eigenvalue weighted by atomic mass is 9.93. The van der Waals surface area contributed by atoms with Gasteiger partial charge in [-0.1, -0.05) is 37.3 Å². The first-order chi connectivity index (χ1) is 16.5. The van der Waals surface area contributed by atoms with Crippen LogP contribution in [0.1, 0.15) is 46.0 Å². The van der Waals surface area contributed by atoms with Crippen molar-refractivity contribution in [1.82, 2.24) is 19.7 Å². The average molecular weight is 477 g/mol. The van der Waals surface area contributed by atoms with Crippen LogP contribution in [0.25, 0.3) is 21.3 Å². The number of aryl methyl sites for hydroxylation is 1. The fourth-order valence-electron chi connectivity index (χ4n) is 4.31. The van der Waals surface area contributed by atoms with Crippen LogP contribution in [0.4, 0.5) is 16.8 Å². The predicted molar refractivity (Wildman–Crippen MR) is 140 cm³/mol. The molecule has 0 amide bonds. The maximum absolute atomic E-state index is 9.72. The van der Waals surface area contributed by atoms with Crippen LogP contribution in [-0.2, 0) is 6.54 Å². The van der Waals surface area contributed by atoms with Gasteiger partial charge in [0.05, 0.1) is 22.5 Å². The van der Waals surface area contributed by atoms with E-state index in [2.05, 4.69) is 54.0 Å². The number of aliphatic hydroxyl groups is 1. The minimum absolute atomic E-state index is 0.153. The second-order valence-corrected chi connectivity index (χ2v) is 10.6. The summed E-state index contributed by atoms with van der Waals surface area (Å²) in [6, 6.07) is 12.7. The van der Waals surface area contributed by atoms with Crippen LogP contribution < -0.4 is 10.6 Å². The molecule has 5 rings (SSSR count). The zero-order valence-corrected chi connectivity index (χ0v) is 20.6. The number of nitrogens with one attached hydrogen (secondary N) is 2. The topological polar surface area (TPSA) is 87.9 Å². The Kier molecular flexibility index (Phi) is 6.78. The summed E-state index contributed by atoms with van der Waals surface area (Å²) in [6.07, 6.45) is 8.67. The highest BCUT2D eigenvalue weighted by atomic mass is 32.1. The number of aliphatic hydroxyl groups excluding tert-OH is 1. The monoisotopic (exact) mass is 476 g/mol. The lowest BCUT2D eigenvalue weighted by Crippen LogP contribution is -2.28. The van der Waals surface area contributed by atoms with Crippen molar-refractivity contribution in [1.29, 1.82) is 0 Å². The molecule has 7 nitrogen and oxygen atoms in total. The lowest BCUT2D eigenvalue weighted by Gasteiger charge is -2.26. The molecule has 1 aliphatic carbocycles. The Balaban J connectivity index is 1.27. The van der Waals surface area contributed by atoms with Gasteiger partial charge in [0.2, 0.25) is 0 Å². The van der Waals surface area contributed by atoms with Gasteiger partial charge in [-0.3, -0.25) is 4.68 Å². The number of aromatic nitrogens is 4. The molecule has 0 radical (unpaired) electrons. The zero-order chi connectivity index (χ0) is 23.5. The molecule has 0 aliphatic heterocycles. The molecule has 1 aromatic carbocycles. The molecule has 1 fully saturated rings. The largest absolute Gasteiger partial charge is 0.393 e. The molecule has 3 aromatic heterocycles. The Hall–Kier alpha value is -2.97. The molecule has 0 bridgehead atoms. The van der Waals surface area contributed by atoms with Crippen LogP contribution in [0.15, 0.2) is 48.8 Å². The molecule has 178 valence electrons. The van der Waals surface area contributed by atoms with Gasteiger partial charge in [0, 0.05) is 24.3 Å². The van der Waals surface area contributed by atoms with E-state index in [4.69, 9.17) is 9.97 Å². The SMILES string of the molecule is CC(C)CCn1cc(-c2ccc3nc(Nc4cccc(NC5CCC(O)CC5)n4)sc3c2)cn1. The third-order valence-electron chi connectivity index (χ3n) is 6.32. The lowest BCUT2D eigenvalue weighted by molar-refractivity contribution is 0.126. The van der Waals surface area contributed by atoms with Crippen molar-refractivity contribution in [3.63, 3.8) is 0 Å². The summed E-state index contributed by atoms with van der Waals surface area (Å²) in [5.41, 5.74) is 3.25. The third kappa shape index (κ3) is 5.56. The first kappa shape index (κ1) is 22.8. The van der Waals surface area contributed by atoms with Gasteiger partial charge in [0.25, 0.3) is 0 Å². The number of hydrogen-bond acceptors (Lipinski definition) is 7. The van der Waals surface area contributed by atoms with Gasteiger partial charge in [-0.05, 0) is 67.9 Å². The van der Waals surface area contributed by atoms with Gasteiger partial charge < -0.3 is 15.7 Å². The predicted octanol–water partition coefficient (Wildman–Crippen LogP) is 6.06. The fourth-order valence-corrected chi connectivity index (χ4v) is 5.22. The van der Waals surface area contributed by atoms with E-state index in [0.29, 0.717) is 12.0 Å². The van der Waals surface area contributed by atoms with Crippen molar-refractivity contribution in [2.75, 3.05) is 10.6 Å². The van der Waals surface area contributed by atoms with Gasteiger partial charge in [-0.2, -0.15) is 5.10 Å². The molecule has 3 heterocycles. The Morgan fingerprint density at radius 1 is 1.06 bits per heavy atom. The van der Waals surface area contributed by atoms with Crippen LogP contribution in [0.2, 0.25) is 0 Å². The summed E-state index contributed by atoms with van der Waals surface area (Å²) in [4.78, 5) is 9.47. The van der Waals surface area contributed by atoms with E-state index in [0.717, 1.165) is 76.8 Å².